The maximum atomic E-state index is 11.9. The van der Waals surface area contributed by atoms with Crippen molar-refractivity contribution >= 4 is 5.97 Å². The Morgan fingerprint density at radius 1 is 1.41 bits per heavy atom. The number of esters is 1. The molecular weight excluding hydrogens is 220 g/mol. The summed E-state index contributed by atoms with van der Waals surface area (Å²) < 4.78 is 10.4. The van der Waals surface area contributed by atoms with Crippen LogP contribution in [0, 0.1) is 0 Å². The zero-order valence-electron chi connectivity index (χ0n) is 9.34. The SMILES string of the molecule is CCOc1ccccc1C(=O)Oc1cnc[nH]1. The van der Waals surface area contributed by atoms with E-state index in [0.717, 1.165) is 0 Å². The van der Waals surface area contributed by atoms with Gasteiger partial charge in [-0.05, 0) is 19.1 Å². The molecule has 17 heavy (non-hydrogen) atoms. The quantitative estimate of drug-likeness (QED) is 0.819. The van der Waals surface area contributed by atoms with Gasteiger partial charge in [-0.1, -0.05) is 12.1 Å². The lowest BCUT2D eigenvalue weighted by molar-refractivity contribution is 0.0724. The minimum Gasteiger partial charge on any atom is -0.493 e. The fraction of sp³-hybridized carbons (Fsp3) is 0.167. The number of benzene rings is 1. The number of aromatic nitrogens is 2. The van der Waals surface area contributed by atoms with Crippen LogP contribution < -0.4 is 9.47 Å². The number of rotatable bonds is 4. The van der Waals surface area contributed by atoms with Gasteiger partial charge in [0.2, 0.25) is 5.88 Å². The minimum absolute atomic E-state index is 0.307. The van der Waals surface area contributed by atoms with E-state index >= 15 is 0 Å². The number of nitrogens with one attached hydrogen (secondary N) is 1. The smallest absolute Gasteiger partial charge is 0.348 e. The zero-order valence-corrected chi connectivity index (χ0v) is 9.34. The number of H-pyrrole nitrogens is 1. The molecule has 0 aliphatic rings. The van der Waals surface area contributed by atoms with E-state index in [1.54, 1.807) is 24.3 Å². The molecule has 5 nitrogen and oxygen atoms in total. The molecule has 0 aliphatic carbocycles. The number of ether oxygens (including phenoxy) is 2. The lowest BCUT2D eigenvalue weighted by atomic mass is 10.2. The van der Waals surface area contributed by atoms with Gasteiger partial charge in [-0.3, -0.25) is 0 Å². The normalized spacial score (nSPS) is 9.94. The summed E-state index contributed by atoms with van der Waals surface area (Å²) in [5, 5.41) is 0. The van der Waals surface area contributed by atoms with Gasteiger partial charge in [-0.15, -0.1) is 0 Å². The summed E-state index contributed by atoms with van der Waals surface area (Å²) in [5.74, 6) is 0.346. The summed E-state index contributed by atoms with van der Waals surface area (Å²) in [5.41, 5.74) is 0.393. The second kappa shape index (κ2) is 5.16. The van der Waals surface area contributed by atoms with Gasteiger partial charge in [0.15, 0.2) is 0 Å². The Bertz CT molecular complexity index is 494. The number of imidazole rings is 1. The predicted octanol–water partition coefficient (Wildman–Crippen LogP) is 2.03. The van der Waals surface area contributed by atoms with Crippen molar-refractivity contribution in [2.24, 2.45) is 0 Å². The van der Waals surface area contributed by atoms with Crippen LogP contribution >= 0.6 is 0 Å². The minimum atomic E-state index is -0.474. The van der Waals surface area contributed by atoms with Crippen molar-refractivity contribution in [1.29, 1.82) is 0 Å². The average Bonchev–Trinajstić information content (AvgIpc) is 2.83. The highest BCUT2D eigenvalue weighted by Crippen LogP contribution is 2.19. The highest BCUT2D eigenvalue weighted by molar-refractivity contribution is 5.93. The molecule has 88 valence electrons. The molecule has 1 N–H and O–H groups in total. The van der Waals surface area contributed by atoms with Crippen LogP contribution in [0.25, 0.3) is 0 Å². The van der Waals surface area contributed by atoms with Gasteiger partial charge in [-0.25, -0.2) is 9.78 Å². The van der Waals surface area contributed by atoms with Gasteiger partial charge >= 0.3 is 5.97 Å². The molecule has 0 saturated heterocycles. The molecule has 0 radical (unpaired) electrons. The van der Waals surface area contributed by atoms with Crippen LogP contribution in [0.5, 0.6) is 11.6 Å². The molecule has 0 fully saturated rings. The number of aromatic amines is 1. The molecule has 0 aliphatic heterocycles. The number of carbonyl (C=O) groups is 1. The summed E-state index contributed by atoms with van der Waals surface area (Å²) in [4.78, 5) is 18.3. The molecule has 0 amide bonds. The molecule has 0 unspecified atom stereocenters. The topological polar surface area (TPSA) is 64.2 Å². The Labute approximate surface area is 98.4 Å². The third-order valence-electron chi connectivity index (χ3n) is 2.08. The molecule has 0 saturated carbocycles. The molecular formula is C12H12N2O3. The van der Waals surface area contributed by atoms with E-state index in [2.05, 4.69) is 9.97 Å². The van der Waals surface area contributed by atoms with E-state index in [1.807, 2.05) is 6.92 Å². The van der Waals surface area contributed by atoms with E-state index < -0.39 is 5.97 Å². The maximum absolute atomic E-state index is 11.9. The van der Waals surface area contributed by atoms with Gasteiger partial charge < -0.3 is 14.5 Å². The van der Waals surface area contributed by atoms with Crippen molar-refractivity contribution in [2.75, 3.05) is 6.61 Å². The largest absolute Gasteiger partial charge is 0.493 e. The number of carbonyl (C=O) groups excluding carboxylic acids is 1. The standard InChI is InChI=1S/C12H12N2O3/c1-2-16-10-6-4-3-5-9(10)12(15)17-11-7-13-8-14-11/h3-8H,2H2,1H3,(H,13,14). The molecule has 2 rings (SSSR count). The van der Waals surface area contributed by atoms with Gasteiger partial charge in [-0.2, -0.15) is 0 Å². The summed E-state index contributed by atoms with van der Waals surface area (Å²) in [7, 11) is 0. The van der Waals surface area contributed by atoms with Crippen LogP contribution in [-0.4, -0.2) is 22.5 Å². The van der Waals surface area contributed by atoms with E-state index in [4.69, 9.17) is 9.47 Å². The summed E-state index contributed by atoms with van der Waals surface area (Å²) >= 11 is 0. The fourth-order valence-corrected chi connectivity index (χ4v) is 1.37. The predicted molar refractivity (Wildman–Crippen MR) is 61.2 cm³/mol. The van der Waals surface area contributed by atoms with Crippen molar-refractivity contribution in [1.82, 2.24) is 9.97 Å². The van der Waals surface area contributed by atoms with E-state index in [9.17, 15) is 4.79 Å². The molecule has 1 aromatic carbocycles. The first-order valence-electron chi connectivity index (χ1n) is 5.23. The van der Waals surface area contributed by atoms with E-state index in [0.29, 0.717) is 23.8 Å². The van der Waals surface area contributed by atoms with Gasteiger partial charge in [0.1, 0.15) is 11.3 Å². The third-order valence-corrected chi connectivity index (χ3v) is 2.08. The molecule has 2 aromatic rings. The van der Waals surface area contributed by atoms with Crippen molar-refractivity contribution in [3.8, 4) is 11.6 Å². The fourth-order valence-electron chi connectivity index (χ4n) is 1.37. The Morgan fingerprint density at radius 2 is 2.24 bits per heavy atom. The van der Waals surface area contributed by atoms with Crippen molar-refractivity contribution in [3.05, 3.63) is 42.4 Å². The maximum Gasteiger partial charge on any atom is 0.348 e. The lowest BCUT2D eigenvalue weighted by Gasteiger charge is -2.08. The second-order valence-electron chi connectivity index (χ2n) is 3.23. The van der Waals surface area contributed by atoms with E-state index in [1.165, 1.54) is 12.5 Å². The van der Waals surface area contributed by atoms with Gasteiger partial charge in [0.05, 0.1) is 19.1 Å². The van der Waals surface area contributed by atoms with Crippen molar-refractivity contribution in [2.45, 2.75) is 6.92 Å². The van der Waals surface area contributed by atoms with Crippen molar-refractivity contribution in [3.63, 3.8) is 0 Å². The highest BCUT2D eigenvalue weighted by atomic mass is 16.5. The number of para-hydroxylation sites is 1. The Morgan fingerprint density at radius 3 is 2.94 bits per heavy atom. The Kier molecular flexibility index (Phi) is 3.40. The van der Waals surface area contributed by atoms with Crippen LogP contribution in [0.1, 0.15) is 17.3 Å². The van der Waals surface area contributed by atoms with Crippen LogP contribution in [0.2, 0.25) is 0 Å². The Balaban J connectivity index is 2.18. The molecule has 1 aromatic heterocycles. The molecule has 0 spiro atoms. The lowest BCUT2D eigenvalue weighted by Crippen LogP contribution is -2.10. The van der Waals surface area contributed by atoms with Crippen LogP contribution in [0.3, 0.4) is 0 Å². The summed E-state index contributed by atoms with van der Waals surface area (Å²) in [6, 6.07) is 6.95. The summed E-state index contributed by atoms with van der Waals surface area (Å²) in [6.07, 6.45) is 2.87. The van der Waals surface area contributed by atoms with Crippen LogP contribution in [0.4, 0.5) is 0 Å². The average molecular weight is 232 g/mol. The first-order valence-corrected chi connectivity index (χ1v) is 5.23. The number of hydrogen-bond acceptors (Lipinski definition) is 4. The molecule has 1 heterocycles. The summed E-state index contributed by atoms with van der Waals surface area (Å²) in [6.45, 7) is 2.35. The number of hydrogen-bond donors (Lipinski definition) is 1. The first kappa shape index (κ1) is 11.2. The zero-order chi connectivity index (χ0) is 12.1. The highest BCUT2D eigenvalue weighted by Gasteiger charge is 2.14. The number of nitrogens with zero attached hydrogens (tertiary/aromatic N) is 1. The molecule has 0 bridgehead atoms. The van der Waals surface area contributed by atoms with Gasteiger partial charge in [0.25, 0.3) is 0 Å². The van der Waals surface area contributed by atoms with Crippen molar-refractivity contribution < 1.29 is 14.3 Å². The molecule has 5 heteroatoms. The van der Waals surface area contributed by atoms with E-state index in [-0.39, 0.29) is 0 Å². The van der Waals surface area contributed by atoms with Crippen LogP contribution in [-0.2, 0) is 0 Å². The molecule has 0 atom stereocenters. The Hall–Kier alpha value is -2.30. The van der Waals surface area contributed by atoms with Gasteiger partial charge in [0, 0.05) is 0 Å². The second-order valence-corrected chi connectivity index (χ2v) is 3.23. The van der Waals surface area contributed by atoms with Crippen LogP contribution in [0.15, 0.2) is 36.8 Å². The monoisotopic (exact) mass is 232 g/mol. The third kappa shape index (κ3) is 2.63. The first-order chi connectivity index (χ1) is 8.31.